The molecule has 0 unspecified atom stereocenters. The van der Waals surface area contributed by atoms with Crippen LogP contribution in [0.3, 0.4) is 0 Å². The van der Waals surface area contributed by atoms with Crippen molar-refractivity contribution < 1.29 is 13.2 Å². The van der Waals surface area contributed by atoms with E-state index in [4.69, 9.17) is 0 Å². The Morgan fingerprint density at radius 1 is 1.10 bits per heavy atom. The topological polar surface area (TPSA) is 66.5 Å². The molecule has 4 atom stereocenters. The molecule has 2 aliphatic carbocycles. The summed E-state index contributed by atoms with van der Waals surface area (Å²) >= 11 is 0. The quantitative estimate of drug-likeness (QED) is 0.789. The minimum Gasteiger partial charge on any atom is -0.349 e. The van der Waals surface area contributed by atoms with Crippen LogP contribution in [0.4, 0.5) is 5.69 Å². The van der Waals surface area contributed by atoms with Gasteiger partial charge in [-0.3, -0.25) is 9.10 Å². The molecule has 2 aromatic carbocycles. The Kier molecular flexibility index (Phi) is 4.85. The van der Waals surface area contributed by atoms with Gasteiger partial charge in [0.15, 0.2) is 0 Å². The maximum Gasteiger partial charge on any atom is 0.264 e. The predicted octanol–water partition coefficient (Wildman–Crippen LogP) is 3.99. The number of rotatable bonds is 5. The van der Waals surface area contributed by atoms with Crippen molar-refractivity contribution in [2.75, 3.05) is 10.8 Å². The number of hydrogen-bond acceptors (Lipinski definition) is 3. The predicted molar refractivity (Wildman–Crippen MR) is 117 cm³/mol. The summed E-state index contributed by atoms with van der Waals surface area (Å²) in [6.07, 6.45) is 5.82. The van der Waals surface area contributed by atoms with Crippen molar-refractivity contribution in [2.45, 2.75) is 50.0 Å². The molecule has 1 N–H and O–H groups in total. The third-order valence-corrected chi connectivity index (χ3v) is 9.13. The van der Waals surface area contributed by atoms with Gasteiger partial charge in [0.25, 0.3) is 15.9 Å². The minimum absolute atomic E-state index is 0.110. The van der Waals surface area contributed by atoms with Gasteiger partial charge in [0.2, 0.25) is 0 Å². The first-order valence-corrected chi connectivity index (χ1v) is 12.4. The number of carbonyl (C=O) groups excluding carboxylic acids is 1. The first kappa shape index (κ1) is 19.6. The lowest BCUT2D eigenvalue weighted by Gasteiger charge is -2.28. The first-order valence-electron chi connectivity index (χ1n) is 10.9. The number of nitrogens with one attached hydrogen (secondary N) is 1. The van der Waals surface area contributed by atoms with Crippen molar-refractivity contribution in [2.24, 2.45) is 17.8 Å². The first-order chi connectivity index (χ1) is 14.4. The highest BCUT2D eigenvalue weighted by Gasteiger charge is 2.42. The lowest BCUT2D eigenvalue weighted by Crippen LogP contribution is -2.40. The van der Waals surface area contributed by atoms with E-state index in [-0.39, 0.29) is 16.8 Å². The van der Waals surface area contributed by atoms with Gasteiger partial charge in [-0.15, -0.1) is 0 Å². The van der Waals surface area contributed by atoms with E-state index in [0.717, 1.165) is 23.1 Å². The lowest BCUT2D eigenvalue weighted by molar-refractivity contribution is 0.0915. The molecule has 0 radical (unpaired) electrons. The Balaban J connectivity index is 1.34. The van der Waals surface area contributed by atoms with Gasteiger partial charge in [-0.25, -0.2) is 8.42 Å². The van der Waals surface area contributed by atoms with Crippen LogP contribution in [0.25, 0.3) is 0 Å². The largest absolute Gasteiger partial charge is 0.349 e. The van der Waals surface area contributed by atoms with Crippen molar-refractivity contribution in [1.29, 1.82) is 0 Å². The maximum atomic E-state index is 13.3. The number of para-hydroxylation sites is 1. The summed E-state index contributed by atoms with van der Waals surface area (Å²) in [4.78, 5) is 13.1. The number of anilines is 1. The van der Waals surface area contributed by atoms with E-state index in [9.17, 15) is 13.2 Å². The van der Waals surface area contributed by atoms with E-state index in [2.05, 4.69) is 12.2 Å². The second-order valence-corrected chi connectivity index (χ2v) is 10.9. The Labute approximate surface area is 178 Å². The normalized spacial score (nSPS) is 25.9. The SMILES string of the molecule is C[C@H](NC(=O)c1cccc(S(=O)(=O)N2CCc3ccccc32)c1)[C@@H]1C[C@H]2CC[C@H]1C2. The highest BCUT2D eigenvalue weighted by atomic mass is 32.2. The summed E-state index contributed by atoms with van der Waals surface area (Å²) in [5, 5.41) is 3.14. The molecule has 5 nitrogen and oxygen atoms in total. The molecule has 6 heteroatoms. The summed E-state index contributed by atoms with van der Waals surface area (Å²) in [6.45, 7) is 2.52. The van der Waals surface area contributed by atoms with Gasteiger partial charge in [0.1, 0.15) is 0 Å². The van der Waals surface area contributed by atoms with Crippen molar-refractivity contribution in [3.63, 3.8) is 0 Å². The highest BCUT2D eigenvalue weighted by Crippen LogP contribution is 2.49. The third-order valence-electron chi connectivity index (χ3n) is 7.32. The molecule has 5 rings (SSSR count). The van der Waals surface area contributed by atoms with Gasteiger partial charge in [-0.2, -0.15) is 0 Å². The van der Waals surface area contributed by atoms with E-state index < -0.39 is 10.0 Å². The van der Waals surface area contributed by atoms with Crippen LogP contribution < -0.4 is 9.62 Å². The summed E-state index contributed by atoms with van der Waals surface area (Å²) in [5.41, 5.74) is 2.17. The Hall–Kier alpha value is -2.34. The maximum absolute atomic E-state index is 13.3. The van der Waals surface area contributed by atoms with Crippen molar-refractivity contribution in [3.05, 3.63) is 59.7 Å². The number of amides is 1. The van der Waals surface area contributed by atoms with Crippen LogP contribution in [0, 0.1) is 17.8 Å². The van der Waals surface area contributed by atoms with Gasteiger partial charge in [0.05, 0.1) is 10.6 Å². The fraction of sp³-hybridized carbons (Fsp3) is 0.458. The fourth-order valence-electron chi connectivity index (χ4n) is 5.79. The van der Waals surface area contributed by atoms with Crippen molar-refractivity contribution in [3.8, 4) is 0 Å². The zero-order chi connectivity index (χ0) is 20.9. The van der Waals surface area contributed by atoms with Gasteiger partial charge in [0, 0.05) is 18.2 Å². The molecule has 0 spiro atoms. The monoisotopic (exact) mass is 424 g/mol. The average molecular weight is 425 g/mol. The summed E-state index contributed by atoms with van der Waals surface area (Å²) < 4.78 is 28.0. The van der Waals surface area contributed by atoms with Crippen LogP contribution in [-0.4, -0.2) is 26.9 Å². The minimum atomic E-state index is -3.71. The molecule has 2 bridgehead atoms. The van der Waals surface area contributed by atoms with E-state index >= 15 is 0 Å². The van der Waals surface area contributed by atoms with Gasteiger partial charge in [-0.05, 0) is 80.2 Å². The Bertz CT molecular complexity index is 1080. The van der Waals surface area contributed by atoms with Crippen LogP contribution in [0.2, 0.25) is 0 Å². The molecule has 0 aromatic heterocycles. The average Bonchev–Trinajstić information content (AvgIpc) is 3.49. The zero-order valence-electron chi connectivity index (χ0n) is 17.3. The van der Waals surface area contributed by atoms with Crippen molar-refractivity contribution in [1.82, 2.24) is 5.32 Å². The molecule has 0 saturated heterocycles. The molecule has 30 heavy (non-hydrogen) atoms. The molecule has 2 aromatic rings. The van der Waals surface area contributed by atoms with E-state index in [1.165, 1.54) is 36.1 Å². The smallest absolute Gasteiger partial charge is 0.264 e. The standard InChI is InChI=1S/C24H28N2O3S/c1-16(22-14-17-9-10-19(22)13-17)25-24(27)20-6-4-7-21(15-20)30(28,29)26-12-11-18-5-2-3-8-23(18)26/h2-8,15-17,19,22H,9-14H2,1H3,(H,25,27)/t16-,17-,19-,22-/m0/s1. The number of nitrogens with zero attached hydrogens (tertiary/aromatic N) is 1. The third kappa shape index (κ3) is 3.31. The molecule has 158 valence electrons. The summed E-state index contributed by atoms with van der Waals surface area (Å²) in [6, 6.07) is 14.1. The van der Waals surface area contributed by atoms with Gasteiger partial charge >= 0.3 is 0 Å². The number of sulfonamides is 1. The molecule has 2 saturated carbocycles. The second kappa shape index (κ2) is 7.41. The highest BCUT2D eigenvalue weighted by molar-refractivity contribution is 7.92. The molecule has 1 aliphatic heterocycles. The van der Waals surface area contributed by atoms with E-state index in [1.807, 2.05) is 24.3 Å². The zero-order valence-corrected chi connectivity index (χ0v) is 18.1. The van der Waals surface area contributed by atoms with E-state index in [1.54, 1.807) is 18.2 Å². The molecule has 3 aliphatic rings. The van der Waals surface area contributed by atoms with Crippen LogP contribution in [0.1, 0.15) is 48.5 Å². The summed E-state index contributed by atoms with van der Waals surface area (Å²) in [5.74, 6) is 1.91. The molecule has 2 fully saturated rings. The Morgan fingerprint density at radius 2 is 1.93 bits per heavy atom. The lowest BCUT2D eigenvalue weighted by atomic mass is 9.84. The Morgan fingerprint density at radius 3 is 2.70 bits per heavy atom. The van der Waals surface area contributed by atoms with Gasteiger partial charge in [-0.1, -0.05) is 30.7 Å². The van der Waals surface area contributed by atoms with Crippen LogP contribution >= 0.6 is 0 Å². The molecular weight excluding hydrogens is 396 g/mol. The summed E-state index contributed by atoms with van der Waals surface area (Å²) in [7, 11) is -3.71. The van der Waals surface area contributed by atoms with Crippen LogP contribution in [0.15, 0.2) is 53.4 Å². The van der Waals surface area contributed by atoms with Crippen molar-refractivity contribution >= 4 is 21.6 Å². The molecular formula is C24H28N2O3S. The number of carbonyl (C=O) groups is 1. The van der Waals surface area contributed by atoms with Crippen LogP contribution in [-0.2, 0) is 16.4 Å². The fourth-order valence-corrected chi connectivity index (χ4v) is 7.34. The molecule has 1 amide bonds. The van der Waals surface area contributed by atoms with Gasteiger partial charge < -0.3 is 5.32 Å². The molecule has 1 heterocycles. The second-order valence-electron chi connectivity index (χ2n) is 9.08. The van der Waals surface area contributed by atoms with Crippen LogP contribution in [0.5, 0.6) is 0 Å². The van der Waals surface area contributed by atoms with E-state index in [0.29, 0.717) is 24.4 Å². The number of fused-ring (bicyclic) bond motifs is 3. The number of hydrogen-bond donors (Lipinski definition) is 1. The number of benzene rings is 2.